The average Bonchev–Trinajstić information content (AvgIpc) is 2.70. The van der Waals surface area contributed by atoms with E-state index in [0.717, 1.165) is 0 Å². The van der Waals surface area contributed by atoms with Crippen molar-refractivity contribution in [2.75, 3.05) is 6.61 Å². The van der Waals surface area contributed by atoms with Gasteiger partial charge in [-0.25, -0.2) is 0 Å². The van der Waals surface area contributed by atoms with Crippen molar-refractivity contribution >= 4 is 5.69 Å². The number of allylic oxidation sites excluding steroid dienone is 1. The Morgan fingerprint density at radius 3 is 2.52 bits per heavy atom. The Bertz CT molecular complexity index is 681. The molecule has 1 fully saturated rings. The molecule has 1 saturated carbocycles. The molecule has 25 heavy (non-hydrogen) atoms. The zero-order valence-corrected chi connectivity index (χ0v) is 14.7. The van der Waals surface area contributed by atoms with Crippen LogP contribution in [0.1, 0.15) is 32.3 Å². The van der Waals surface area contributed by atoms with Crippen LogP contribution in [0.3, 0.4) is 0 Å². The van der Waals surface area contributed by atoms with Crippen LogP contribution in [-0.2, 0) is 4.74 Å². The Kier molecular flexibility index (Phi) is 4.70. The molecule has 1 aromatic carbocycles. The van der Waals surface area contributed by atoms with Gasteiger partial charge in [-0.15, -0.1) is 0 Å². The van der Waals surface area contributed by atoms with Crippen LogP contribution in [0.25, 0.3) is 0 Å². The Labute approximate surface area is 147 Å². The van der Waals surface area contributed by atoms with Crippen molar-refractivity contribution in [2.24, 2.45) is 17.8 Å². The number of ether oxygens (including phenoxy) is 1. The Balaban J connectivity index is 2.05. The van der Waals surface area contributed by atoms with Crippen LogP contribution in [0.4, 0.5) is 5.69 Å². The monoisotopic (exact) mass is 347 g/mol. The van der Waals surface area contributed by atoms with Crippen molar-refractivity contribution in [2.45, 2.75) is 44.5 Å². The van der Waals surface area contributed by atoms with Gasteiger partial charge in [-0.1, -0.05) is 30.4 Å². The molecule has 0 aliphatic heterocycles. The third kappa shape index (κ3) is 3.21. The molecule has 0 radical (unpaired) electrons. The average molecular weight is 347 g/mol. The lowest BCUT2D eigenvalue weighted by molar-refractivity contribution is -0.385. The number of aliphatic hydroxyl groups excluding tert-OH is 2. The van der Waals surface area contributed by atoms with Gasteiger partial charge >= 0.3 is 0 Å². The van der Waals surface area contributed by atoms with Gasteiger partial charge in [0.1, 0.15) is 0 Å². The van der Waals surface area contributed by atoms with E-state index in [4.69, 9.17) is 4.74 Å². The lowest BCUT2D eigenvalue weighted by Crippen LogP contribution is -2.39. The van der Waals surface area contributed by atoms with Crippen molar-refractivity contribution in [3.8, 4) is 0 Å². The molecule has 0 unspecified atom stereocenters. The van der Waals surface area contributed by atoms with Crippen molar-refractivity contribution < 1.29 is 19.9 Å². The molecule has 0 amide bonds. The Morgan fingerprint density at radius 1 is 1.24 bits per heavy atom. The molecule has 136 valence electrons. The zero-order valence-electron chi connectivity index (χ0n) is 14.7. The number of nitro groups is 1. The summed E-state index contributed by atoms with van der Waals surface area (Å²) in [5.41, 5.74) is 0.209. The van der Waals surface area contributed by atoms with Gasteiger partial charge in [0.25, 0.3) is 5.69 Å². The highest BCUT2D eigenvalue weighted by Crippen LogP contribution is 2.52. The predicted molar refractivity (Wildman–Crippen MR) is 93.2 cm³/mol. The third-order valence-corrected chi connectivity index (χ3v) is 5.23. The van der Waals surface area contributed by atoms with Gasteiger partial charge in [-0.05, 0) is 20.8 Å². The van der Waals surface area contributed by atoms with E-state index in [9.17, 15) is 20.3 Å². The standard InChI is InChI=1S/C19H25NO5/c1-19(2,3)25-18-13-9-8-12(16(18)17(22)14(13)10-21)11-6-4-5-7-15(11)20(23)24/h4-9,12-14,16-18,21-22H,10H2,1-3H3/t12-,13+,14-,16-,17-,18+/m0/s1. The number of para-hydroxylation sites is 1. The SMILES string of the molecule is CC(C)(C)O[C@@H]1[C@@H]2C=C[C@@H](c3ccccc3[N+](=O)[O-])[C@H]1[C@@H](O)[C@H]2CO. The number of rotatable bonds is 4. The van der Waals surface area contributed by atoms with Gasteiger partial charge in [0, 0.05) is 41.9 Å². The van der Waals surface area contributed by atoms with E-state index in [2.05, 4.69) is 0 Å². The quantitative estimate of drug-likeness (QED) is 0.496. The molecular formula is C19H25NO5. The molecular weight excluding hydrogens is 322 g/mol. The summed E-state index contributed by atoms with van der Waals surface area (Å²) < 4.78 is 6.23. The van der Waals surface area contributed by atoms with Gasteiger partial charge in [0.15, 0.2) is 0 Å². The first-order chi connectivity index (χ1) is 11.7. The fourth-order valence-electron chi connectivity index (χ4n) is 4.29. The smallest absolute Gasteiger partial charge is 0.273 e. The van der Waals surface area contributed by atoms with Crippen LogP contribution < -0.4 is 0 Å². The summed E-state index contributed by atoms with van der Waals surface area (Å²) in [4.78, 5) is 11.0. The minimum absolute atomic E-state index is 0.0461. The molecule has 2 aliphatic carbocycles. The second kappa shape index (κ2) is 6.52. The van der Waals surface area contributed by atoms with E-state index in [1.807, 2.05) is 32.9 Å². The highest BCUT2D eigenvalue weighted by Gasteiger charge is 2.55. The number of nitrogens with zero attached hydrogens (tertiary/aromatic N) is 1. The minimum atomic E-state index is -0.776. The number of hydrogen-bond donors (Lipinski definition) is 2. The lowest BCUT2D eigenvalue weighted by Gasteiger charge is -2.37. The highest BCUT2D eigenvalue weighted by atomic mass is 16.6. The van der Waals surface area contributed by atoms with Crippen molar-refractivity contribution in [1.29, 1.82) is 0 Å². The molecule has 0 spiro atoms. The maximum Gasteiger partial charge on any atom is 0.273 e. The van der Waals surface area contributed by atoms with E-state index in [-0.39, 0.29) is 47.0 Å². The topological polar surface area (TPSA) is 92.8 Å². The van der Waals surface area contributed by atoms with Gasteiger partial charge in [-0.3, -0.25) is 10.1 Å². The molecule has 6 atom stereocenters. The van der Waals surface area contributed by atoms with E-state index in [1.165, 1.54) is 6.07 Å². The number of nitro benzene ring substituents is 1. The molecule has 1 aromatic rings. The summed E-state index contributed by atoms with van der Waals surface area (Å²) in [7, 11) is 0. The predicted octanol–water partition coefficient (Wildman–Crippen LogP) is 2.65. The summed E-state index contributed by atoms with van der Waals surface area (Å²) in [6, 6.07) is 6.63. The third-order valence-electron chi connectivity index (χ3n) is 5.23. The number of fused-ring (bicyclic) bond motifs is 2. The summed E-state index contributed by atoms with van der Waals surface area (Å²) in [5, 5.41) is 32.0. The summed E-state index contributed by atoms with van der Waals surface area (Å²) in [6.45, 7) is 5.71. The van der Waals surface area contributed by atoms with E-state index in [1.54, 1.807) is 18.2 Å². The van der Waals surface area contributed by atoms with Crippen molar-refractivity contribution in [3.05, 3.63) is 52.1 Å². The molecule has 6 nitrogen and oxygen atoms in total. The molecule has 0 aromatic heterocycles. The maximum absolute atomic E-state index is 11.4. The molecule has 0 heterocycles. The van der Waals surface area contributed by atoms with Crippen LogP contribution in [0.5, 0.6) is 0 Å². The van der Waals surface area contributed by atoms with E-state index >= 15 is 0 Å². The summed E-state index contributed by atoms with van der Waals surface area (Å²) in [5.74, 6) is -1.06. The largest absolute Gasteiger partial charge is 0.396 e. The van der Waals surface area contributed by atoms with Crippen molar-refractivity contribution in [1.82, 2.24) is 0 Å². The van der Waals surface area contributed by atoms with Gasteiger partial charge in [-0.2, -0.15) is 0 Å². The lowest BCUT2D eigenvalue weighted by atomic mass is 9.77. The summed E-state index contributed by atoms with van der Waals surface area (Å²) >= 11 is 0. The number of hydrogen-bond acceptors (Lipinski definition) is 5. The number of benzene rings is 1. The Morgan fingerprint density at radius 2 is 1.92 bits per heavy atom. The maximum atomic E-state index is 11.4. The van der Waals surface area contributed by atoms with E-state index in [0.29, 0.717) is 5.56 Å². The summed E-state index contributed by atoms with van der Waals surface area (Å²) in [6.07, 6.45) is 2.81. The highest BCUT2D eigenvalue weighted by molar-refractivity contribution is 5.46. The van der Waals surface area contributed by atoms with Crippen molar-refractivity contribution in [3.63, 3.8) is 0 Å². The van der Waals surface area contributed by atoms with E-state index < -0.39 is 11.7 Å². The molecule has 3 rings (SSSR count). The minimum Gasteiger partial charge on any atom is -0.396 e. The second-order valence-corrected chi connectivity index (χ2v) is 7.91. The zero-order chi connectivity index (χ0) is 18.4. The molecule has 2 bridgehead atoms. The first kappa shape index (κ1) is 18.0. The number of aliphatic hydroxyl groups is 2. The second-order valence-electron chi connectivity index (χ2n) is 7.91. The van der Waals surface area contributed by atoms with Crippen LogP contribution >= 0.6 is 0 Å². The van der Waals surface area contributed by atoms with Gasteiger partial charge in [0.05, 0.1) is 22.7 Å². The molecule has 6 heteroatoms. The first-order valence-corrected chi connectivity index (χ1v) is 8.63. The Hall–Kier alpha value is -1.76. The fourth-order valence-corrected chi connectivity index (χ4v) is 4.29. The normalized spacial score (nSPS) is 34.3. The van der Waals surface area contributed by atoms with Crippen LogP contribution in [0.2, 0.25) is 0 Å². The molecule has 0 saturated heterocycles. The van der Waals surface area contributed by atoms with Crippen LogP contribution in [0.15, 0.2) is 36.4 Å². The first-order valence-electron chi connectivity index (χ1n) is 8.63. The molecule has 2 aliphatic rings. The van der Waals surface area contributed by atoms with Crippen LogP contribution in [-0.4, -0.2) is 39.6 Å². The van der Waals surface area contributed by atoms with Crippen LogP contribution in [0, 0.1) is 27.9 Å². The van der Waals surface area contributed by atoms with Gasteiger partial charge in [0.2, 0.25) is 0 Å². The molecule has 2 N–H and O–H groups in total. The van der Waals surface area contributed by atoms with Gasteiger partial charge < -0.3 is 14.9 Å². The fraction of sp³-hybridized carbons (Fsp3) is 0.579.